The summed E-state index contributed by atoms with van der Waals surface area (Å²) in [7, 11) is 0. The van der Waals surface area contributed by atoms with Crippen LogP contribution in [0.25, 0.3) is 0 Å². The second-order valence-electron chi connectivity index (χ2n) is 12.2. The number of likely N-dealkylation sites (tertiary alicyclic amines) is 1. The van der Waals surface area contributed by atoms with Crippen molar-refractivity contribution < 1.29 is 37.9 Å². The number of rotatable bonds is 13. The van der Waals surface area contributed by atoms with E-state index in [1.54, 1.807) is 35.2 Å². The van der Waals surface area contributed by atoms with Crippen molar-refractivity contribution in [3.63, 3.8) is 0 Å². The lowest BCUT2D eigenvalue weighted by atomic mass is 9.99. The number of aryl methyl sites for hydroxylation is 1. The molecule has 0 radical (unpaired) electrons. The van der Waals surface area contributed by atoms with E-state index in [1.807, 2.05) is 52.0 Å². The van der Waals surface area contributed by atoms with Crippen molar-refractivity contribution in [3.8, 4) is 28.7 Å². The number of halogens is 1. The van der Waals surface area contributed by atoms with Crippen molar-refractivity contribution in [1.82, 2.24) is 4.90 Å². The van der Waals surface area contributed by atoms with Crippen LogP contribution in [0.1, 0.15) is 93.4 Å². The third-order valence-electron chi connectivity index (χ3n) is 7.62. The zero-order valence-electron chi connectivity index (χ0n) is 27.3. The maximum atomic E-state index is 12.8. The molecule has 3 aromatic rings. The number of phenols is 1. The lowest BCUT2D eigenvalue weighted by molar-refractivity contribution is 0.0223. The molecular formula is C36H44ClNO8. The van der Waals surface area contributed by atoms with Gasteiger partial charge >= 0.3 is 12.1 Å². The van der Waals surface area contributed by atoms with Crippen LogP contribution in [-0.4, -0.2) is 47.4 Å². The zero-order valence-corrected chi connectivity index (χ0v) is 28.0. The molecule has 1 aliphatic rings. The molecule has 3 aromatic carbocycles. The van der Waals surface area contributed by atoms with Crippen molar-refractivity contribution in [2.75, 3.05) is 19.8 Å². The Labute approximate surface area is 276 Å². The first-order valence-electron chi connectivity index (χ1n) is 15.9. The molecule has 1 unspecified atom stereocenters. The Morgan fingerprint density at radius 2 is 1.65 bits per heavy atom. The zero-order chi connectivity index (χ0) is 33.3. The number of aromatic hydroxyl groups is 1. The van der Waals surface area contributed by atoms with Gasteiger partial charge in [-0.05, 0) is 82.3 Å². The number of benzene rings is 3. The molecule has 1 amide bonds. The fourth-order valence-electron chi connectivity index (χ4n) is 5.52. The molecule has 1 aliphatic heterocycles. The van der Waals surface area contributed by atoms with Gasteiger partial charge in [-0.1, -0.05) is 38.5 Å². The highest BCUT2D eigenvalue weighted by Crippen LogP contribution is 2.41. The van der Waals surface area contributed by atoms with Crippen molar-refractivity contribution in [3.05, 3.63) is 76.9 Å². The van der Waals surface area contributed by atoms with Gasteiger partial charge in [0.15, 0.2) is 0 Å². The standard InChI is InChI=1S/C36H44ClNO8/c1-6-13-25-30(17-10-18-31(25)44-32-16-9-8-14-26(32)34(40)46-37)42-20-12-21-43-33-23-29(39)27(22-24(33)7-2)28-15-11-19-38(28)35(41)45-36(3,4)5/h8-10,14,16-18,22-23,28,39H,6-7,11-13,15,19-21H2,1-5H3. The highest BCUT2D eigenvalue weighted by atomic mass is 35.5. The number of nitrogens with zero attached hydrogens (tertiary/aromatic N) is 1. The molecule has 0 saturated carbocycles. The molecule has 1 fully saturated rings. The van der Waals surface area contributed by atoms with Crippen LogP contribution in [0.3, 0.4) is 0 Å². The first-order valence-corrected chi connectivity index (χ1v) is 16.2. The summed E-state index contributed by atoms with van der Waals surface area (Å²) >= 11 is 5.32. The van der Waals surface area contributed by atoms with E-state index < -0.39 is 11.6 Å². The van der Waals surface area contributed by atoms with Crippen molar-refractivity contribution in [2.45, 2.75) is 84.8 Å². The normalized spacial score (nSPS) is 14.6. The van der Waals surface area contributed by atoms with E-state index in [0.717, 1.165) is 30.4 Å². The van der Waals surface area contributed by atoms with E-state index in [0.29, 0.717) is 67.6 Å². The summed E-state index contributed by atoms with van der Waals surface area (Å²) in [5.74, 6) is 1.63. The number of hydrogen-bond acceptors (Lipinski definition) is 8. The topological polar surface area (TPSA) is 104 Å². The lowest BCUT2D eigenvalue weighted by Gasteiger charge is -2.29. The molecule has 9 nitrogen and oxygen atoms in total. The molecule has 0 bridgehead atoms. The van der Waals surface area contributed by atoms with Gasteiger partial charge in [-0.25, -0.2) is 9.59 Å². The Bertz CT molecular complexity index is 1500. The quantitative estimate of drug-likeness (QED) is 0.182. The van der Waals surface area contributed by atoms with Gasteiger partial charge in [-0.15, -0.1) is 0 Å². The molecule has 1 N–H and O–H groups in total. The minimum atomic E-state index is -0.697. The van der Waals surface area contributed by atoms with E-state index in [-0.39, 0.29) is 23.4 Å². The van der Waals surface area contributed by atoms with Crippen LogP contribution in [-0.2, 0) is 21.9 Å². The second kappa shape index (κ2) is 15.9. The van der Waals surface area contributed by atoms with Crippen LogP contribution in [0, 0.1) is 0 Å². The van der Waals surface area contributed by atoms with E-state index in [2.05, 4.69) is 11.2 Å². The number of hydrogen-bond donors (Lipinski definition) is 1. The summed E-state index contributed by atoms with van der Waals surface area (Å²) < 4.78 is 28.4. The minimum Gasteiger partial charge on any atom is -0.507 e. The van der Waals surface area contributed by atoms with E-state index in [1.165, 1.54) is 0 Å². The summed E-state index contributed by atoms with van der Waals surface area (Å²) in [5, 5.41) is 11.0. The molecule has 1 saturated heterocycles. The fraction of sp³-hybridized carbons (Fsp3) is 0.444. The van der Waals surface area contributed by atoms with Gasteiger partial charge in [0.05, 0.1) is 19.3 Å². The maximum absolute atomic E-state index is 12.8. The van der Waals surface area contributed by atoms with Crippen molar-refractivity contribution in [2.24, 2.45) is 0 Å². The van der Waals surface area contributed by atoms with Gasteiger partial charge < -0.3 is 33.2 Å². The summed E-state index contributed by atoms with van der Waals surface area (Å²) in [6, 6.07) is 15.7. The fourth-order valence-corrected chi connectivity index (χ4v) is 5.60. The summed E-state index contributed by atoms with van der Waals surface area (Å²) in [4.78, 5) is 26.7. The SMILES string of the molecule is CCCc1c(OCCCOc2cc(O)c(C3CCCN3C(=O)OC(C)(C)C)cc2CC)cccc1Oc1ccccc1C(=O)OCl. The molecule has 1 atom stereocenters. The molecular weight excluding hydrogens is 610 g/mol. The Balaban J connectivity index is 1.39. The van der Waals surface area contributed by atoms with Gasteiger partial charge in [0, 0.05) is 30.2 Å². The third kappa shape index (κ3) is 8.78. The number of carbonyl (C=O) groups excluding carboxylic acids is 2. The molecule has 248 valence electrons. The summed E-state index contributed by atoms with van der Waals surface area (Å²) in [6.45, 7) is 11.0. The number of carbonyl (C=O) groups is 2. The molecule has 0 spiro atoms. The van der Waals surface area contributed by atoms with Gasteiger partial charge in [0.1, 0.15) is 51.8 Å². The number of amides is 1. The average molecular weight is 654 g/mol. The highest BCUT2D eigenvalue weighted by molar-refractivity contribution is 6.16. The van der Waals surface area contributed by atoms with Gasteiger partial charge in [-0.2, -0.15) is 0 Å². The highest BCUT2D eigenvalue weighted by Gasteiger charge is 2.35. The van der Waals surface area contributed by atoms with Gasteiger partial charge in [0.2, 0.25) is 0 Å². The van der Waals surface area contributed by atoms with Crippen LogP contribution < -0.4 is 14.2 Å². The Hall–Kier alpha value is -4.11. The number of ether oxygens (including phenoxy) is 4. The first kappa shape index (κ1) is 34.8. The molecule has 10 heteroatoms. The van der Waals surface area contributed by atoms with Crippen LogP contribution in [0.5, 0.6) is 28.7 Å². The van der Waals surface area contributed by atoms with E-state index in [4.69, 9.17) is 30.8 Å². The Morgan fingerprint density at radius 1 is 0.957 bits per heavy atom. The first-order chi connectivity index (χ1) is 22.1. The molecule has 1 heterocycles. The van der Waals surface area contributed by atoms with Crippen LogP contribution >= 0.6 is 11.9 Å². The van der Waals surface area contributed by atoms with Crippen LogP contribution in [0.4, 0.5) is 4.79 Å². The molecule has 0 aliphatic carbocycles. The maximum Gasteiger partial charge on any atom is 0.410 e. The third-order valence-corrected chi connectivity index (χ3v) is 7.76. The minimum absolute atomic E-state index is 0.103. The van der Waals surface area contributed by atoms with Crippen LogP contribution in [0.15, 0.2) is 54.6 Å². The smallest absolute Gasteiger partial charge is 0.410 e. The van der Waals surface area contributed by atoms with E-state index in [9.17, 15) is 14.7 Å². The predicted octanol–water partition coefficient (Wildman–Crippen LogP) is 8.93. The monoisotopic (exact) mass is 653 g/mol. The second-order valence-corrected chi connectivity index (χ2v) is 12.4. The predicted molar refractivity (Wildman–Crippen MR) is 176 cm³/mol. The molecule has 46 heavy (non-hydrogen) atoms. The lowest BCUT2D eigenvalue weighted by Crippen LogP contribution is -2.36. The summed E-state index contributed by atoms with van der Waals surface area (Å²) in [5.41, 5.74) is 2.19. The van der Waals surface area contributed by atoms with Crippen LogP contribution in [0.2, 0.25) is 0 Å². The molecule has 4 rings (SSSR count). The van der Waals surface area contributed by atoms with Crippen molar-refractivity contribution >= 4 is 23.9 Å². The van der Waals surface area contributed by atoms with Gasteiger partial charge in [0.25, 0.3) is 0 Å². The molecule has 0 aromatic heterocycles. The van der Waals surface area contributed by atoms with Crippen molar-refractivity contribution in [1.29, 1.82) is 0 Å². The number of para-hydroxylation sites is 1. The summed E-state index contributed by atoms with van der Waals surface area (Å²) in [6.07, 6.45) is 4.11. The van der Waals surface area contributed by atoms with E-state index >= 15 is 0 Å². The largest absolute Gasteiger partial charge is 0.507 e. The van der Waals surface area contributed by atoms with Gasteiger partial charge in [-0.3, -0.25) is 0 Å². The Kier molecular flexibility index (Phi) is 12.0. The number of phenolic OH excluding ortho intramolecular Hbond substituents is 1. The Morgan fingerprint density at radius 3 is 2.35 bits per heavy atom. The average Bonchev–Trinajstić information content (AvgIpc) is 3.51.